The summed E-state index contributed by atoms with van der Waals surface area (Å²) >= 11 is 0. The second-order valence-electron chi connectivity index (χ2n) is 10.1. The van der Waals surface area contributed by atoms with E-state index in [-0.39, 0.29) is 17.2 Å². The Kier molecular flexibility index (Phi) is 7.15. The van der Waals surface area contributed by atoms with Gasteiger partial charge in [0.2, 0.25) is 0 Å². The predicted octanol–water partition coefficient (Wildman–Crippen LogP) is 5.42. The zero-order valence-corrected chi connectivity index (χ0v) is 23.0. The van der Waals surface area contributed by atoms with E-state index in [1.54, 1.807) is 36.8 Å². The highest BCUT2D eigenvalue weighted by Gasteiger charge is 2.25. The topological polar surface area (TPSA) is 97.9 Å². The Morgan fingerprint density at radius 2 is 2.00 bits per heavy atom. The summed E-state index contributed by atoms with van der Waals surface area (Å²) in [5.41, 5.74) is 2.63. The lowest BCUT2D eigenvalue weighted by atomic mass is 10.1. The number of hydrogen-bond acceptors (Lipinski definition) is 7. The molecule has 206 valence electrons. The average molecular weight is 553 g/mol. The molecule has 2 fully saturated rings. The van der Waals surface area contributed by atoms with Crippen LogP contribution in [0.3, 0.4) is 0 Å². The van der Waals surface area contributed by atoms with Crippen LogP contribution in [0.15, 0.2) is 64.1 Å². The lowest BCUT2D eigenvalue weighted by Crippen LogP contribution is -2.44. The Balaban J connectivity index is 1.57. The van der Waals surface area contributed by atoms with Crippen molar-refractivity contribution in [3.05, 3.63) is 60.7 Å². The van der Waals surface area contributed by atoms with Gasteiger partial charge >= 0.3 is 0 Å². The Hall–Kier alpha value is -3.25. The lowest BCUT2D eigenvalue weighted by molar-refractivity contribution is -0.0383. The number of hydrogen-bond donors (Lipinski definition) is 2. The van der Waals surface area contributed by atoms with Gasteiger partial charge in [0.1, 0.15) is 22.8 Å². The van der Waals surface area contributed by atoms with Crippen molar-refractivity contribution in [3.8, 4) is 11.4 Å². The van der Waals surface area contributed by atoms with E-state index in [2.05, 4.69) is 16.9 Å². The average Bonchev–Trinajstić information content (AvgIpc) is 3.43. The van der Waals surface area contributed by atoms with Gasteiger partial charge in [-0.3, -0.25) is 4.98 Å². The second kappa shape index (κ2) is 10.7. The first-order valence-corrected chi connectivity index (χ1v) is 15.4. The number of morpholine rings is 1. The maximum Gasteiger partial charge on any atom is 0.150 e. The monoisotopic (exact) mass is 552 g/mol. The van der Waals surface area contributed by atoms with Gasteiger partial charge in [0, 0.05) is 37.0 Å². The van der Waals surface area contributed by atoms with Crippen LogP contribution in [0.5, 0.6) is 0 Å². The quantitative estimate of drug-likeness (QED) is 0.319. The van der Waals surface area contributed by atoms with Gasteiger partial charge in [0.25, 0.3) is 0 Å². The van der Waals surface area contributed by atoms with Gasteiger partial charge in [-0.1, -0.05) is 22.2 Å². The lowest BCUT2D eigenvalue weighted by Gasteiger charge is -2.34. The van der Waals surface area contributed by atoms with Crippen LogP contribution in [0.4, 0.5) is 15.9 Å². The summed E-state index contributed by atoms with van der Waals surface area (Å²) in [5.74, 6) is 0.235. The smallest absolute Gasteiger partial charge is 0.150 e. The van der Waals surface area contributed by atoms with Gasteiger partial charge in [0.15, 0.2) is 6.23 Å². The summed E-state index contributed by atoms with van der Waals surface area (Å²) in [6, 6.07) is 12.0. The maximum absolute atomic E-state index is 14.7. The highest BCUT2D eigenvalue weighted by molar-refractivity contribution is 7.99. The molecule has 0 spiro atoms. The molecule has 11 heteroatoms. The van der Waals surface area contributed by atoms with E-state index in [1.165, 1.54) is 6.07 Å². The summed E-state index contributed by atoms with van der Waals surface area (Å²) in [7, 11) is -3.22. The highest BCUT2D eigenvalue weighted by atomic mass is 32.3. The SMILES string of the molecule is C[C@@H]1COCCN1c1cc(N=[SH](C)(O)c2ccccc2F)c2ccnc(-c3ccnn3C3CCCCO3)c2n1. The van der Waals surface area contributed by atoms with Crippen molar-refractivity contribution in [1.82, 2.24) is 19.7 Å². The number of halogens is 1. The normalized spacial score (nSPS) is 20.8. The molecule has 4 aromatic rings. The fourth-order valence-electron chi connectivity index (χ4n) is 5.31. The largest absolute Gasteiger partial charge is 0.377 e. The molecule has 3 aromatic heterocycles. The van der Waals surface area contributed by atoms with E-state index in [9.17, 15) is 8.94 Å². The minimum absolute atomic E-state index is 0.0970. The predicted molar refractivity (Wildman–Crippen MR) is 151 cm³/mol. The summed E-state index contributed by atoms with van der Waals surface area (Å²) in [5, 5.41) is 5.30. The fourth-order valence-corrected chi connectivity index (χ4v) is 6.85. The number of nitrogens with zero attached hydrogens (tertiary/aromatic N) is 6. The molecule has 0 bridgehead atoms. The van der Waals surface area contributed by atoms with Gasteiger partial charge < -0.3 is 18.9 Å². The van der Waals surface area contributed by atoms with E-state index in [0.717, 1.165) is 30.3 Å². The molecular weight excluding hydrogens is 519 g/mol. The van der Waals surface area contributed by atoms with Crippen molar-refractivity contribution in [1.29, 1.82) is 0 Å². The van der Waals surface area contributed by atoms with Crippen molar-refractivity contribution in [2.75, 3.05) is 37.5 Å². The van der Waals surface area contributed by atoms with Gasteiger partial charge in [-0.15, -0.1) is 0 Å². The zero-order valence-electron chi connectivity index (χ0n) is 22.1. The minimum Gasteiger partial charge on any atom is -0.377 e. The van der Waals surface area contributed by atoms with Gasteiger partial charge in [-0.05, 0) is 56.7 Å². The molecular formula is C28H33FN6O3S. The van der Waals surface area contributed by atoms with Gasteiger partial charge in [-0.2, -0.15) is 5.10 Å². The Morgan fingerprint density at radius 3 is 2.79 bits per heavy atom. The van der Waals surface area contributed by atoms with Crippen LogP contribution in [-0.2, 0) is 19.6 Å². The zero-order chi connectivity index (χ0) is 27.0. The van der Waals surface area contributed by atoms with Crippen molar-refractivity contribution in [2.24, 2.45) is 4.36 Å². The maximum atomic E-state index is 14.7. The standard InChI is InChI=1S/C28H33FN6O3S/c1-19-18-37-16-14-34(19)25-17-22(33-39(2,36)24-8-4-3-7-21(24)29)20-10-12-30-28(27(20)32-25)23-11-13-31-35(23)26-9-5-6-15-38-26/h3-4,7-8,10-13,17,19,26,39H,5-6,9,14-16,18H2,1-2H3,(H,32,33,36)/t19-,26?/m1/s1. The van der Waals surface area contributed by atoms with Crippen molar-refractivity contribution in [3.63, 3.8) is 0 Å². The van der Waals surface area contributed by atoms with E-state index < -0.39 is 15.9 Å². The molecule has 2 aliphatic heterocycles. The summed E-state index contributed by atoms with van der Waals surface area (Å²) in [6.45, 7) is 4.62. The number of thiol groups is 1. The number of anilines is 1. The van der Waals surface area contributed by atoms with Crippen molar-refractivity contribution in [2.45, 2.75) is 43.4 Å². The molecule has 0 amide bonds. The molecule has 1 aromatic carbocycles. The van der Waals surface area contributed by atoms with E-state index >= 15 is 0 Å². The summed E-state index contributed by atoms with van der Waals surface area (Å²) < 4.78 is 44.6. The Labute approximate surface area is 227 Å². The molecule has 0 radical (unpaired) electrons. The fraction of sp³-hybridized carbons (Fsp3) is 0.393. The van der Waals surface area contributed by atoms with Gasteiger partial charge in [-0.25, -0.2) is 18.4 Å². The third-order valence-corrected chi connectivity index (χ3v) is 9.19. The molecule has 1 unspecified atom stereocenters. The second-order valence-corrected chi connectivity index (χ2v) is 12.6. The third-order valence-electron chi connectivity index (χ3n) is 7.31. The van der Waals surface area contributed by atoms with Crippen molar-refractivity contribution >= 4 is 32.5 Å². The van der Waals surface area contributed by atoms with E-state index in [0.29, 0.717) is 49.1 Å². The first kappa shape index (κ1) is 26.0. The molecule has 2 atom stereocenters. The van der Waals surface area contributed by atoms with Crippen LogP contribution >= 0.6 is 0 Å². The molecule has 1 N–H and O–H groups in total. The van der Waals surface area contributed by atoms with Crippen LogP contribution in [-0.4, -0.2) is 63.0 Å². The molecule has 2 saturated heterocycles. The van der Waals surface area contributed by atoms with Crippen molar-refractivity contribution < 1.29 is 18.4 Å². The van der Waals surface area contributed by atoms with Crippen LogP contribution < -0.4 is 4.90 Å². The number of ether oxygens (including phenoxy) is 2. The number of aromatic nitrogens is 4. The summed E-state index contributed by atoms with van der Waals surface area (Å²) in [4.78, 5) is 12.2. The molecule has 0 aliphatic carbocycles. The molecule has 0 saturated carbocycles. The van der Waals surface area contributed by atoms with Crippen LogP contribution in [0.2, 0.25) is 0 Å². The minimum atomic E-state index is -3.22. The number of benzene rings is 1. The molecule has 39 heavy (non-hydrogen) atoms. The Bertz CT molecular complexity index is 1550. The number of fused-ring (bicyclic) bond motifs is 1. The number of rotatable bonds is 5. The Morgan fingerprint density at radius 1 is 1.13 bits per heavy atom. The van der Waals surface area contributed by atoms with Crippen LogP contribution in [0.1, 0.15) is 32.4 Å². The number of pyridine rings is 2. The van der Waals surface area contributed by atoms with Gasteiger partial charge in [0.05, 0.1) is 35.5 Å². The first-order chi connectivity index (χ1) is 18.9. The molecule has 5 heterocycles. The molecule has 9 nitrogen and oxygen atoms in total. The van der Waals surface area contributed by atoms with E-state index in [4.69, 9.17) is 23.8 Å². The molecule has 6 rings (SSSR count). The summed E-state index contributed by atoms with van der Waals surface area (Å²) in [6.07, 6.45) is 7.89. The molecule has 2 aliphatic rings. The highest BCUT2D eigenvalue weighted by Crippen LogP contribution is 2.38. The third kappa shape index (κ3) is 5.07. The van der Waals surface area contributed by atoms with Crippen LogP contribution in [0.25, 0.3) is 22.3 Å². The van der Waals surface area contributed by atoms with E-state index in [1.807, 2.05) is 22.9 Å². The first-order valence-electron chi connectivity index (χ1n) is 13.3. The van der Waals surface area contributed by atoms with Crippen LogP contribution in [0, 0.1) is 5.82 Å².